The molecule has 3 nitrogen and oxygen atoms in total. The molecule has 0 aromatic heterocycles. The van der Waals surface area contributed by atoms with Gasteiger partial charge in [0.1, 0.15) is 0 Å². The fourth-order valence-electron chi connectivity index (χ4n) is 0.821. The number of carboxylic acids is 1. The highest BCUT2D eigenvalue weighted by molar-refractivity contribution is 7.82. The summed E-state index contributed by atoms with van der Waals surface area (Å²) in [7, 11) is 0. The van der Waals surface area contributed by atoms with Crippen molar-refractivity contribution in [1.29, 1.82) is 0 Å². The van der Waals surface area contributed by atoms with Crippen molar-refractivity contribution in [1.82, 2.24) is 0 Å². The van der Waals surface area contributed by atoms with Crippen molar-refractivity contribution in [3.05, 3.63) is 29.8 Å². The van der Waals surface area contributed by atoms with Gasteiger partial charge < -0.3 is 10.4 Å². The maximum Gasteiger partial charge on any atom is 0.363 e. The Morgan fingerprint density at radius 3 is 2.38 bits per heavy atom. The smallest absolute Gasteiger partial charge is 0.363 e. The van der Waals surface area contributed by atoms with Crippen LogP contribution >= 0.6 is 12.2 Å². The Kier molecular flexibility index (Phi) is 2.97. The Labute approximate surface area is 81.4 Å². The average molecular weight is 195 g/mol. The highest BCUT2D eigenvalue weighted by Crippen LogP contribution is 2.08. The van der Waals surface area contributed by atoms with Crippen LogP contribution in [0.5, 0.6) is 0 Å². The molecule has 0 unspecified atom stereocenters. The molecule has 1 rings (SSSR count). The molecular weight excluding hydrogens is 186 g/mol. The fraction of sp³-hybridized carbons (Fsp3) is 0.111. The molecule has 0 saturated heterocycles. The summed E-state index contributed by atoms with van der Waals surface area (Å²) in [6.07, 6.45) is 0. The van der Waals surface area contributed by atoms with E-state index in [0.29, 0.717) is 5.69 Å². The van der Waals surface area contributed by atoms with E-state index in [4.69, 9.17) is 5.11 Å². The number of carboxylic acid groups (broad SMARTS) is 1. The van der Waals surface area contributed by atoms with Gasteiger partial charge in [-0.3, -0.25) is 0 Å². The van der Waals surface area contributed by atoms with Crippen LogP contribution in [0.2, 0.25) is 0 Å². The monoisotopic (exact) mass is 195 g/mol. The van der Waals surface area contributed by atoms with E-state index in [9.17, 15) is 4.79 Å². The van der Waals surface area contributed by atoms with E-state index in [-0.39, 0.29) is 4.99 Å². The van der Waals surface area contributed by atoms with Crippen LogP contribution in [-0.2, 0) is 4.79 Å². The molecule has 0 amide bonds. The normalized spacial score (nSPS) is 9.31. The summed E-state index contributed by atoms with van der Waals surface area (Å²) >= 11 is 4.58. The molecule has 0 spiro atoms. The molecule has 4 heteroatoms. The van der Waals surface area contributed by atoms with Crippen molar-refractivity contribution in [2.24, 2.45) is 0 Å². The number of nitrogens with one attached hydrogen (secondary N) is 1. The van der Waals surface area contributed by atoms with E-state index in [0.717, 1.165) is 5.56 Å². The Balaban J connectivity index is 2.70. The zero-order valence-electron chi connectivity index (χ0n) is 7.07. The number of benzene rings is 1. The first-order valence-corrected chi connectivity index (χ1v) is 4.11. The zero-order valence-corrected chi connectivity index (χ0v) is 7.89. The maximum absolute atomic E-state index is 10.4. The predicted molar refractivity (Wildman–Crippen MR) is 55.0 cm³/mol. The second kappa shape index (κ2) is 4.00. The van der Waals surface area contributed by atoms with Gasteiger partial charge in [-0.15, -0.1) is 0 Å². The molecule has 0 aliphatic heterocycles. The standard InChI is InChI=1S/C9H9NO2S/c1-6-2-4-7(5-3-6)10-8(13)9(11)12/h2-5H,1H3,(H,10,13)(H,11,12). The summed E-state index contributed by atoms with van der Waals surface area (Å²) in [4.78, 5) is 10.2. The summed E-state index contributed by atoms with van der Waals surface area (Å²) in [6, 6.07) is 7.33. The Morgan fingerprint density at radius 1 is 1.38 bits per heavy atom. The Morgan fingerprint density at radius 2 is 1.92 bits per heavy atom. The molecule has 1 aromatic carbocycles. The van der Waals surface area contributed by atoms with Crippen LogP contribution in [0, 0.1) is 6.92 Å². The van der Waals surface area contributed by atoms with Gasteiger partial charge in [0, 0.05) is 5.69 Å². The number of carbonyl (C=O) groups is 1. The highest BCUT2D eigenvalue weighted by Gasteiger charge is 2.04. The number of aliphatic carboxylic acids is 1. The molecule has 0 atom stereocenters. The van der Waals surface area contributed by atoms with Crippen LogP contribution in [0.4, 0.5) is 5.69 Å². The third-order valence-electron chi connectivity index (χ3n) is 1.50. The van der Waals surface area contributed by atoms with Gasteiger partial charge in [-0.1, -0.05) is 29.9 Å². The summed E-state index contributed by atoms with van der Waals surface area (Å²) < 4.78 is 0. The van der Waals surface area contributed by atoms with Gasteiger partial charge in [-0.25, -0.2) is 4.79 Å². The lowest BCUT2D eigenvalue weighted by Crippen LogP contribution is -2.19. The van der Waals surface area contributed by atoms with Crippen LogP contribution in [-0.4, -0.2) is 16.1 Å². The molecule has 0 bridgehead atoms. The van der Waals surface area contributed by atoms with Gasteiger partial charge in [0.25, 0.3) is 0 Å². The van der Waals surface area contributed by atoms with E-state index in [2.05, 4.69) is 17.5 Å². The molecule has 1 aromatic rings. The molecule has 0 aliphatic carbocycles. The van der Waals surface area contributed by atoms with E-state index >= 15 is 0 Å². The topological polar surface area (TPSA) is 49.3 Å². The molecule has 0 aliphatic rings. The van der Waals surface area contributed by atoms with Crippen LogP contribution in [0.1, 0.15) is 5.56 Å². The van der Waals surface area contributed by atoms with Gasteiger partial charge in [-0.2, -0.15) is 0 Å². The first-order chi connectivity index (χ1) is 6.09. The Bertz CT molecular complexity index is 332. The van der Waals surface area contributed by atoms with E-state index in [1.807, 2.05) is 19.1 Å². The van der Waals surface area contributed by atoms with Crippen molar-refractivity contribution >= 4 is 28.9 Å². The van der Waals surface area contributed by atoms with Crippen molar-refractivity contribution in [3.8, 4) is 0 Å². The fourth-order valence-corrected chi connectivity index (χ4v) is 0.939. The van der Waals surface area contributed by atoms with Crippen molar-refractivity contribution < 1.29 is 9.90 Å². The average Bonchev–Trinajstić information content (AvgIpc) is 2.08. The van der Waals surface area contributed by atoms with Crippen LogP contribution < -0.4 is 5.32 Å². The van der Waals surface area contributed by atoms with Crippen molar-refractivity contribution in [2.45, 2.75) is 6.92 Å². The second-order valence-electron chi connectivity index (χ2n) is 2.63. The van der Waals surface area contributed by atoms with E-state index in [1.54, 1.807) is 12.1 Å². The van der Waals surface area contributed by atoms with Gasteiger partial charge in [0.05, 0.1) is 0 Å². The summed E-state index contributed by atoms with van der Waals surface area (Å²) in [5.74, 6) is -1.12. The van der Waals surface area contributed by atoms with Gasteiger partial charge in [0.2, 0.25) is 0 Å². The lowest BCUT2D eigenvalue weighted by molar-refractivity contribution is -0.129. The number of thiocarbonyl (C=S) groups is 1. The molecule has 0 fully saturated rings. The third-order valence-corrected chi connectivity index (χ3v) is 1.78. The zero-order chi connectivity index (χ0) is 9.84. The quantitative estimate of drug-likeness (QED) is 0.671. The molecule has 2 N–H and O–H groups in total. The first-order valence-electron chi connectivity index (χ1n) is 3.70. The number of rotatable bonds is 1. The van der Waals surface area contributed by atoms with Gasteiger partial charge >= 0.3 is 5.97 Å². The van der Waals surface area contributed by atoms with Crippen molar-refractivity contribution in [3.63, 3.8) is 0 Å². The minimum absolute atomic E-state index is 0.191. The predicted octanol–water partition coefficient (Wildman–Crippen LogP) is 1.82. The molecule has 0 radical (unpaired) electrons. The molecule has 0 saturated carbocycles. The van der Waals surface area contributed by atoms with Crippen LogP contribution in [0.3, 0.4) is 0 Å². The molecule has 68 valence electrons. The molecule has 13 heavy (non-hydrogen) atoms. The highest BCUT2D eigenvalue weighted by atomic mass is 32.1. The minimum Gasteiger partial charge on any atom is -0.476 e. The lowest BCUT2D eigenvalue weighted by atomic mass is 10.2. The summed E-state index contributed by atoms with van der Waals surface area (Å²) in [5.41, 5.74) is 1.81. The number of hydrogen-bond acceptors (Lipinski definition) is 2. The number of aryl methyl sites for hydroxylation is 1. The minimum atomic E-state index is -1.12. The number of hydrogen-bond donors (Lipinski definition) is 2. The first kappa shape index (κ1) is 9.67. The van der Waals surface area contributed by atoms with Crippen molar-refractivity contribution in [2.75, 3.05) is 5.32 Å². The van der Waals surface area contributed by atoms with Gasteiger partial charge in [0.15, 0.2) is 4.99 Å². The van der Waals surface area contributed by atoms with Crippen LogP contribution in [0.15, 0.2) is 24.3 Å². The van der Waals surface area contributed by atoms with E-state index in [1.165, 1.54) is 0 Å². The lowest BCUT2D eigenvalue weighted by Gasteiger charge is -2.03. The maximum atomic E-state index is 10.4. The Hall–Kier alpha value is -1.42. The number of anilines is 1. The summed E-state index contributed by atoms with van der Waals surface area (Å²) in [5, 5.41) is 11.1. The van der Waals surface area contributed by atoms with Gasteiger partial charge in [-0.05, 0) is 19.1 Å². The second-order valence-corrected chi connectivity index (χ2v) is 3.03. The molecular formula is C9H9NO2S. The SMILES string of the molecule is Cc1ccc(NC(=S)C(=O)O)cc1. The van der Waals surface area contributed by atoms with Crippen LogP contribution in [0.25, 0.3) is 0 Å². The molecule has 0 heterocycles. The third kappa shape index (κ3) is 2.83. The summed E-state index contributed by atoms with van der Waals surface area (Å²) in [6.45, 7) is 1.96. The largest absolute Gasteiger partial charge is 0.476 e. The van der Waals surface area contributed by atoms with E-state index < -0.39 is 5.97 Å².